The zero-order chi connectivity index (χ0) is 24.2. The van der Waals surface area contributed by atoms with Gasteiger partial charge >= 0.3 is 0 Å². The SMILES string of the molecule is Cc1cc(N2CC[C@@H](N(C)C)C2)ccc1Nc1ncc(Cl)c(Nc2ccccc2CC(C)C)n1. The van der Waals surface area contributed by atoms with E-state index in [2.05, 4.69) is 102 Å². The molecule has 1 fully saturated rings. The van der Waals surface area contributed by atoms with Gasteiger partial charge in [0, 0.05) is 36.2 Å². The largest absolute Gasteiger partial charge is 0.370 e. The molecule has 2 aromatic carbocycles. The van der Waals surface area contributed by atoms with Crippen LogP contribution in [0.1, 0.15) is 31.4 Å². The van der Waals surface area contributed by atoms with Gasteiger partial charge < -0.3 is 20.4 Å². The van der Waals surface area contributed by atoms with Crippen molar-refractivity contribution in [3.05, 3.63) is 64.8 Å². The molecular formula is C27H35ClN6. The van der Waals surface area contributed by atoms with Crippen molar-refractivity contribution < 1.29 is 0 Å². The summed E-state index contributed by atoms with van der Waals surface area (Å²) in [5.74, 6) is 1.66. The van der Waals surface area contributed by atoms with E-state index in [1.807, 2.05) is 6.07 Å². The number of aromatic nitrogens is 2. The number of likely N-dealkylation sites (N-methyl/N-ethyl adjacent to an activating group) is 1. The molecule has 1 aliphatic rings. The Morgan fingerprint density at radius 3 is 2.62 bits per heavy atom. The van der Waals surface area contributed by atoms with Crippen LogP contribution < -0.4 is 15.5 Å². The maximum atomic E-state index is 6.44. The zero-order valence-corrected chi connectivity index (χ0v) is 21.5. The number of nitrogens with one attached hydrogen (secondary N) is 2. The lowest BCUT2D eigenvalue weighted by Gasteiger charge is -2.22. The maximum Gasteiger partial charge on any atom is 0.229 e. The Morgan fingerprint density at radius 2 is 1.91 bits per heavy atom. The van der Waals surface area contributed by atoms with Crippen molar-refractivity contribution in [3.8, 4) is 0 Å². The normalized spacial score (nSPS) is 15.9. The highest BCUT2D eigenvalue weighted by Crippen LogP contribution is 2.30. The number of hydrogen-bond donors (Lipinski definition) is 2. The van der Waals surface area contributed by atoms with E-state index in [9.17, 15) is 0 Å². The van der Waals surface area contributed by atoms with E-state index in [-0.39, 0.29) is 0 Å². The van der Waals surface area contributed by atoms with E-state index >= 15 is 0 Å². The molecule has 0 saturated carbocycles. The molecule has 34 heavy (non-hydrogen) atoms. The molecule has 1 aliphatic heterocycles. The van der Waals surface area contributed by atoms with Gasteiger partial charge in [0.2, 0.25) is 5.95 Å². The summed E-state index contributed by atoms with van der Waals surface area (Å²) in [6.45, 7) is 8.70. The van der Waals surface area contributed by atoms with Crippen molar-refractivity contribution >= 4 is 40.4 Å². The van der Waals surface area contributed by atoms with E-state index in [1.54, 1.807) is 6.20 Å². The standard InChI is InChI=1S/C27H35ClN6/c1-18(2)14-20-8-6-7-9-25(20)30-26-23(28)16-29-27(32-26)31-24-11-10-21(15-19(24)3)34-13-12-22(17-34)33(4)5/h6-11,15-16,18,22H,12-14,17H2,1-5H3,(H2,29,30,31,32)/t22-/m1/s1. The van der Waals surface area contributed by atoms with Gasteiger partial charge in [0.25, 0.3) is 0 Å². The molecule has 1 aromatic heterocycles. The number of anilines is 5. The fourth-order valence-corrected chi connectivity index (χ4v) is 4.54. The van der Waals surface area contributed by atoms with Crippen LogP contribution in [-0.2, 0) is 6.42 Å². The van der Waals surface area contributed by atoms with Crippen LogP contribution in [-0.4, -0.2) is 48.1 Å². The molecule has 2 N–H and O–H groups in total. The van der Waals surface area contributed by atoms with E-state index < -0.39 is 0 Å². The quantitative estimate of drug-likeness (QED) is 0.398. The van der Waals surface area contributed by atoms with Crippen molar-refractivity contribution in [2.75, 3.05) is 42.7 Å². The molecule has 0 radical (unpaired) electrons. The summed E-state index contributed by atoms with van der Waals surface area (Å²) in [5, 5.41) is 7.27. The molecule has 0 spiro atoms. The Hall–Kier alpha value is -2.83. The highest BCUT2D eigenvalue weighted by Gasteiger charge is 2.24. The van der Waals surface area contributed by atoms with E-state index in [4.69, 9.17) is 11.6 Å². The van der Waals surface area contributed by atoms with Crippen molar-refractivity contribution in [2.45, 2.75) is 39.7 Å². The van der Waals surface area contributed by atoms with Crippen LogP contribution in [0, 0.1) is 12.8 Å². The van der Waals surface area contributed by atoms with Gasteiger partial charge in [-0.1, -0.05) is 43.6 Å². The average molecular weight is 479 g/mol. The third kappa shape index (κ3) is 5.80. The first-order valence-electron chi connectivity index (χ1n) is 12.0. The van der Waals surface area contributed by atoms with Gasteiger partial charge in [-0.2, -0.15) is 4.98 Å². The van der Waals surface area contributed by atoms with Gasteiger partial charge in [0.05, 0.1) is 6.20 Å². The second-order valence-electron chi connectivity index (χ2n) is 9.75. The van der Waals surface area contributed by atoms with E-state index in [0.29, 0.717) is 28.7 Å². The highest BCUT2D eigenvalue weighted by molar-refractivity contribution is 6.32. The molecular weight excluding hydrogens is 444 g/mol. The number of benzene rings is 2. The maximum absolute atomic E-state index is 6.44. The van der Waals surface area contributed by atoms with Gasteiger partial charge in [-0.05, 0) is 75.2 Å². The topological polar surface area (TPSA) is 56.3 Å². The zero-order valence-electron chi connectivity index (χ0n) is 20.8. The molecule has 0 amide bonds. The van der Waals surface area contributed by atoms with Crippen molar-refractivity contribution in [1.82, 2.24) is 14.9 Å². The first kappa shape index (κ1) is 24.3. The molecule has 1 atom stereocenters. The highest BCUT2D eigenvalue weighted by atomic mass is 35.5. The van der Waals surface area contributed by atoms with Gasteiger partial charge in [0.1, 0.15) is 5.02 Å². The molecule has 0 bridgehead atoms. The molecule has 1 saturated heterocycles. The average Bonchev–Trinajstić information content (AvgIpc) is 3.29. The summed E-state index contributed by atoms with van der Waals surface area (Å²) in [6, 6.07) is 15.4. The molecule has 3 aromatic rings. The van der Waals surface area contributed by atoms with Crippen LogP contribution in [0.3, 0.4) is 0 Å². The second kappa shape index (κ2) is 10.6. The Morgan fingerprint density at radius 1 is 1.12 bits per heavy atom. The Bertz CT molecular complexity index is 1130. The number of rotatable bonds is 8. The summed E-state index contributed by atoms with van der Waals surface area (Å²) >= 11 is 6.44. The van der Waals surface area contributed by atoms with Crippen LogP contribution in [0.5, 0.6) is 0 Å². The first-order valence-corrected chi connectivity index (χ1v) is 12.3. The Kier molecular flexibility index (Phi) is 7.59. The van der Waals surface area contributed by atoms with Crippen molar-refractivity contribution in [3.63, 3.8) is 0 Å². The third-order valence-corrected chi connectivity index (χ3v) is 6.63. The lowest BCUT2D eigenvalue weighted by atomic mass is 10.0. The van der Waals surface area contributed by atoms with E-state index in [1.165, 1.54) is 17.7 Å². The van der Waals surface area contributed by atoms with Gasteiger partial charge in [-0.3, -0.25) is 0 Å². The van der Waals surface area contributed by atoms with Crippen LogP contribution >= 0.6 is 11.6 Å². The summed E-state index contributed by atoms with van der Waals surface area (Å²) in [4.78, 5) is 13.8. The van der Waals surface area contributed by atoms with Crippen LogP contribution in [0.15, 0.2) is 48.7 Å². The number of hydrogen-bond acceptors (Lipinski definition) is 6. The molecule has 2 heterocycles. The third-order valence-electron chi connectivity index (χ3n) is 6.36. The summed E-state index contributed by atoms with van der Waals surface area (Å²) in [5.41, 5.74) is 5.66. The first-order chi connectivity index (χ1) is 16.3. The van der Waals surface area contributed by atoms with Crippen LogP contribution in [0.2, 0.25) is 5.02 Å². The fraction of sp³-hybridized carbons (Fsp3) is 0.407. The minimum Gasteiger partial charge on any atom is -0.370 e. The lowest BCUT2D eigenvalue weighted by Crippen LogP contribution is -2.31. The molecule has 180 valence electrons. The predicted octanol–water partition coefficient (Wildman–Crippen LogP) is 6.26. The number of aryl methyl sites for hydroxylation is 1. The summed E-state index contributed by atoms with van der Waals surface area (Å²) in [6.07, 6.45) is 3.81. The predicted molar refractivity (Wildman–Crippen MR) is 144 cm³/mol. The molecule has 4 rings (SSSR count). The number of halogens is 1. The second-order valence-corrected chi connectivity index (χ2v) is 10.2. The monoisotopic (exact) mass is 478 g/mol. The van der Waals surface area contributed by atoms with Gasteiger partial charge in [-0.15, -0.1) is 0 Å². The van der Waals surface area contributed by atoms with Crippen LogP contribution in [0.4, 0.5) is 28.8 Å². The molecule has 0 unspecified atom stereocenters. The minimum absolute atomic E-state index is 0.487. The summed E-state index contributed by atoms with van der Waals surface area (Å²) < 4.78 is 0. The van der Waals surface area contributed by atoms with Crippen molar-refractivity contribution in [2.24, 2.45) is 5.92 Å². The Labute approximate surface area is 208 Å². The smallest absolute Gasteiger partial charge is 0.229 e. The van der Waals surface area contributed by atoms with Crippen molar-refractivity contribution in [1.29, 1.82) is 0 Å². The van der Waals surface area contributed by atoms with Crippen LogP contribution in [0.25, 0.3) is 0 Å². The Balaban J connectivity index is 1.50. The minimum atomic E-state index is 0.487. The van der Waals surface area contributed by atoms with Gasteiger partial charge in [-0.25, -0.2) is 4.98 Å². The van der Waals surface area contributed by atoms with Gasteiger partial charge in [0.15, 0.2) is 5.82 Å². The summed E-state index contributed by atoms with van der Waals surface area (Å²) in [7, 11) is 4.31. The number of para-hydroxylation sites is 1. The fourth-order valence-electron chi connectivity index (χ4n) is 4.41. The number of nitrogens with zero attached hydrogens (tertiary/aromatic N) is 4. The molecule has 0 aliphatic carbocycles. The molecule has 6 nitrogen and oxygen atoms in total. The lowest BCUT2D eigenvalue weighted by molar-refractivity contribution is 0.315. The van der Waals surface area contributed by atoms with E-state index in [0.717, 1.165) is 36.4 Å². The molecule has 7 heteroatoms.